The number of carbonyl (C=O) groups is 1. The van der Waals surface area contributed by atoms with Gasteiger partial charge in [-0.3, -0.25) is 4.79 Å². The Morgan fingerprint density at radius 2 is 1.61 bits per heavy atom. The van der Waals surface area contributed by atoms with E-state index in [4.69, 9.17) is 14.9 Å². The number of rotatable bonds is 4. The summed E-state index contributed by atoms with van der Waals surface area (Å²) in [5.41, 5.74) is 9.63. The van der Waals surface area contributed by atoms with Gasteiger partial charge in [0.15, 0.2) is 5.65 Å². The maximum atomic E-state index is 10.4. The molecular formula is C38H55F3N6O2. The van der Waals surface area contributed by atoms with Crippen LogP contribution in [0.3, 0.4) is 0 Å². The van der Waals surface area contributed by atoms with Gasteiger partial charge < -0.3 is 20.6 Å². The Labute approximate surface area is 290 Å². The highest BCUT2D eigenvalue weighted by Crippen LogP contribution is 2.29. The topological polar surface area (TPSA) is 94.8 Å². The molecule has 11 heteroatoms. The molecular weight excluding hydrogens is 629 g/mol. The lowest BCUT2D eigenvalue weighted by molar-refractivity contribution is -0.156. The zero-order chi connectivity index (χ0) is 37.0. The smallest absolute Gasteiger partial charge is 0.400 e. The van der Waals surface area contributed by atoms with Gasteiger partial charge in [-0.05, 0) is 56.8 Å². The zero-order valence-electron chi connectivity index (χ0n) is 30.2. The second-order valence-corrected chi connectivity index (χ2v) is 11.3. The minimum Gasteiger partial charge on any atom is -0.400 e. The Morgan fingerprint density at radius 1 is 0.980 bits per heavy atom. The van der Waals surface area contributed by atoms with Crippen LogP contribution < -0.4 is 10.6 Å². The van der Waals surface area contributed by atoms with E-state index in [-0.39, 0.29) is 0 Å². The number of aliphatic hydroxyl groups excluding tert-OH is 1. The third-order valence-electron chi connectivity index (χ3n) is 7.82. The van der Waals surface area contributed by atoms with Crippen molar-refractivity contribution < 1.29 is 23.1 Å². The summed E-state index contributed by atoms with van der Waals surface area (Å²) >= 11 is 0. The third kappa shape index (κ3) is 13.7. The van der Waals surface area contributed by atoms with Crippen LogP contribution in [-0.2, 0) is 17.8 Å². The van der Waals surface area contributed by atoms with Crippen LogP contribution in [0.1, 0.15) is 68.2 Å². The summed E-state index contributed by atoms with van der Waals surface area (Å²) in [6.07, 6.45) is 3.77. The van der Waals surface area contributed by atoms with Crippen molar-refractivity contribution in [1.82, 2.24) is 19.5 Å². The van der Waals surface area contributed by atoms with Crippen LogP contribution >= 0.6 is 0 Å². The monoisotopic (exact) mass is 684 g/mol. The summed E-state index contributed by atoms with van der Waals surface area (Å²) in [4.78, 5) is 16.0. The molecule has 3 N–H and O–H groups in total. The van der Waals surface area contributed by atoms with Gasteiger partial charge in [-0.15, -0.1) is 13.2 Å². The first kappa shape index (κ1) is 42.8. The molecule has 0 atom stereocenters. The van der Waals surface area contributed by atoms with Crippen molar-refractivity contribution in [2.45, 2.75) is 85.0 Å². The average Bonchev–Trinajstić information content (AvgIpc) is 3.55. The van der Waals surface area contributed by atoms with Crippen molar-refractivity contribution in [3.05, 3.63) is 90.1 Å². The van der Waals surface area contributed by atoms with Crippen LogP contribution in [0.25, 0.3) is 16.9 Å². The number of benzene rings is 2. The SMILES string of the molecule is C=C.CC.CNc1cnn2c(NC3CCCCC3)cc(-c3ccccc3C)nc12.CO.Cc1ccc2c(c1)CN(C)CC2.O=CC(F)(F)F. The second kappa shape index (κ2) is 22.4. The lowest BCUT2D eigenvalue weighted by Crippen LogP contribution is -2.26. The van der Waals surface area contributed by atoms with E-state index in [1.165, 1.54) is 67.3 Å². The number of hydrogen-bond donors (Lipinski definition) is 3. The number of fused-ring (bicyclic) bond motifs is 2. The Kier molecular flexibility index (Phi) is 19.6. The van der Waals surface area contributed by atoms with E-state index < -0.39 is 12.5 Å². The molecule has 1 saturated carbocycles. The number of aryl methyl sites for hydroxylation is 2. The highest BCUT2D eigenvalue weighted by molar-refractivity contribution is 5.75. The minimum absolute atomic E-state index is 0.520. The molecule has 3 heterocycles. The molecule has 0 bridgehead atoms. The van der Waals surface area contributed by atoms with Crippen LogP contribution in [0.4, 0.5) is 24.7 Å². The maximum Gasteiger partial charge on any atom is 0.446 e. The van der Waals surface area contributed by atoms with Gasteiger partial charge in [-0.2, -0.15) is 22.8 Å². The van der Waals surface area contributed by atoms with Gasteiger partial charge >= 0.3 is 6.18 Å². The van der Waals surface area contributed by atoms with E-state index >= 15 is 0 Å². The van der Waals surface area contributed by atoms with Crippen LogP contribution in [0.5, 0.6) is 0 Å². The van der Waals surface area contributed by atoms with Crippen LogP contribution in [-0.4, -0.2) is 70.9 Å². The largest absolute Gasteiger partial charge is 0.446 e. The Bertz CT molecular complexity index is 1530. The number of anilines is 2. The number of hydrogen-bond acceptors (Lipinski definition) is 7. The van der Waals surface area contributed by atoms with Crippen molar-refractivity contribution in [3.8, 4) is 11.3 Å². The molecule has 8 nitrogen and oxygen atoms in total. The van der Waals surface area contributed by atoms with Gasteiger partial charge in [-0.1, -0.05) is 81.1 Å². The van der Waals surface area contributed by atoms with E-state index in [2.05, 4.69) is 103 Å². The van der Waals surface area contributed by atoms with Crippen molar-refractivity contribution in [2.75, 3.05) is 38.4 Å². The second-order valence-electron chi connectivity index (χ2n) is 11.3. The molecule has 0 radical (unpaired) electrons. The lowest BCUT2D eigenvalue weighted by atomic mass is 9.95. The highest BCUT2D eigenvalue weighted by atomic mass is 19.4. The molecule has 0 saturated heterocycles. The zero-order valence-corrected chi connectivity index (χ0v) is 30.2. The first-order valence-electron chi connectivity index (χ1n) is 16.7. The Morgan fingerprint density at radius 3 is 2.20 bits per heavy atom. The third-order valence-corrected chi connectivity index (χ3v) is 7.82. The predicted octanol–water partition coefficient (Wildman–Crippen LogP) is 8.66. The number of nitrogens with one attached hydrogen (secondary N) is 2. The molecule has 2 aromatic carbocycles. The fraction of sp³-hybridized carbons (Fsp3) is 0.447. The average molecular weight is 685 g/mol. The van der Waals surface area contributed by atoms with E-state index in [0.29, 0.717) is 6.04 Å². The van der Waals surface area contributed by atoms with Crippen LogP contribution in [0.15, 0.2) is 67.9 Å². The predicted molar refractivity (Wildman–Crippen MR) is 197 cm³/mol. The quantitative estimate of drug-likeness (QED) is 0.146. The van der Waals surface area contributed by atoms with Gasteiger partial charge in [0.05, 0.1) is 17.6 Å². The van der Waals surface area contributed by atoms with Crippen LogP contribution in [0, 0.1) is 13.8 Å². The first-order valence-corrected chi connectivity index (χ1v) is 16.7. The molecule has 0 spiro atoms. The van der Waals surface area contributed by atoms with Crippen molar-refractivity contribution in [3.63, 3.8) is 0 Å². The minimum atomic E-state index is -4.64. The highest BCUT2D eigenvalue weighted by Gasteiger charge is 2.25. The van der Waals surface area contributed by atoms with E-state index in [9.17, 15) is 13.2 Å². The summed E-state index contributed by atoms with van der Waals surface area (Å²) < 4.78 is 33.2. The molecule has 1 aliphatic carbocycles. The molecule has 0 unspecified atom stereocenters. The number of halogens is 3. The number of aliphatic hydroxyl groups is 1. The summed E-state index contributed by atoms with van der Waals surface area (Å²) in [5, 5.41) is 18.5. The van der Waals surface area contributed by atoms with E-state index in [1.807, 2.05) is 31.6 Å². The maximum absolute atomic E-state index is 10.4. The van der Waals surface area contributed by atoms with Gasteiger partial charge in [0, 0.05) is 44.9 Å². The van der Waals surface area contributed by atoms with Gasteiger partial charge in [0.1, 0.15) is 5.82 Å². The van der Waals surface area contributed by atoms with Gasteiger partial charge in [0.25, 0.3) is 0 Å². The summed E-state index contributed by atoms with van der Waals surface area (Å²) in [5.74, 6) is 1.02. The summed E-state index contributed by atoms with van der Waals surface area (Å²) in [6, 6.07) is 17.8. The molecule has 4 aromatic rings. The Hall–Kier alpha value is -4.22. The normalized spacial score (nSPS) is 13.9. The number of nitrogens with zero attached hydrogens (tertiary/aromatic N) is 4. The molecule has 2 aromatic heterocycles. The number of alkyl halides is 3. The molecule has 49 heavy (non-hydrogen) atoms. The lowest BCUT2D eigenvalue weighted by Gasteiger charge is -2.25. The fourth-order valence-corrected chi connectivity index (χ4v) is 5.52. The molecule has 2 aliphatic rings. The molecule has 1 fully saturated rings. The van der Waals surface area contributed by atoms with Crippen molar-refractivity contribution in [1.29, 1.82) is 0 Å². The summed E-state index contributed by atoms with van der Waals surface area (Å²) in [7, 11) is 5.10. The number of aldehydes is 1. The Balaban J connectivity index is 0.000000416. The standard InChI is InChI=1S/C20H25N5.C11H15N.C2HF3O.C2H6.C2H4.CH4O/c1-14-8-6-7-11-16(14)17-12-19(23-15-9-4-3-5-10-15)25-20(24-17)18(21-2)13-22-25;1-9-3-4-10-5-6-12(2)8-11(10)7-9;3-2(4,5)1-6;3*1-2/h6-8,11-13,15,21,23H,3-5,9-10H2,1-2H3;3-4,7H,5-6,8H2,1-2H3;1H;1-2H3;1-2H2;2H,1H3. The molecule has 1 aliphatic heterocycles. The first-order chi connectivity index (χ1) is 23.6. The van der Waals surface area contributed by atoms with E-state index in [1.54, 1.807) is 5.56 Å². The van der Waals surface area contributed by atoms with Crippen LogP contribution in [0.2, 0.25) is 0 Å². The number of aromatic nitrogens is 3. The summed E-state index contributed by atoms with van der Waals surface area (Å²) in [6.45, 7) is 16.6. The van der Waals surface area contributed by atoms with Crippen molar-refractivity contribution in [2.24, 2.45) is 0 Å². The molecule has 0 amide bonds. The van der Waals surface area contributed by atoms with Gasteiger partial charge in [0.2, 0.25) is 6.29 Å². The molecule has 270 valence electrons. The van der Waals surface area contributed by atoms with E-state index in [0.717, 1.165) is 36.5 Å². The number of likely N-dealkylation sites (N-methyl/N-ethyl adjacent to an activating group) is 1. The van der Waals surface area contributed by atoms with Gasteiger partial charge in [-0.25, -0.2) is 4.98 Å². The fourth-order valence-electron chi connectivity index (χ4n) is 5.52. The number of carbonyl (C=O) groups excluding carboxylic acids is 1. The van der Waals surface area contributed by atoms with Crippen molar-refractivity contribution >= 4 is 23.4 Å². The molecule has 6 rings (SSSR count).